The Morgan fingerprint density at radius 3 is 3.04 bits per heavy atom. The zero-order chi connectivity index (χ0) is 17.5. The van der Waals surface area contributed by atoms with Crippen LogP contribution in [0.25, 0.3) is 11.3 Å². The van der Waals surface area contributed by atoms with Crippen molar-refractivity contribution in [2.45, 2.75) is 6.92 Å². The zero-order valence-corrected chi connectivity index (χ0v) is 13.6. The highest BCUT2D eigenvalue weighted by atomic mass is 16.5. The molecule has 0 fully saturated rings. The molecular weight excluding hydrogens is 318 g/mol. The van der Waals surface area contributed by atoms with Crippen molar-refractivity contribution in [3.05, 3.63) is 66.1 Å². The molecule has 1 amide bonds. The van der Waals surface area contributed by atoms with Crippen LogP contribution in [0.4, 0.5) is 0 Å². The molecule has 0 bridgehead atoms. The number of rotatable bonds is 6. The first kappa shape index (κ1) is 16.4. The van der Waals surface area contributed by atoms with Crippen molar-refractivity contribution in [1.82, 2.24) is 20.6 Å². The van der Waals surface area contributed by atoms with Gasteiger partial charge in [0.15, 0.2) is 0 Å². The molecule has 0 aliphatic heterocycles. The normalized spacial score (nSPS) is 10.8. The Bertz CT molecular complexity index is 874. The van der Waals surface area contributed by atoms with Gasteiger partial charge in [-0.05, 0) is 31.2 Å². The SMILES string of the molecule is CCOc1cccc(-c2cc(C(=O)N/N=C/c3cccnc3)[nH]n2)c1. The van der Waals surface area contributed by atoms with Crippen molar-refractivity contribution in [3.8, 4) is 17.0 Å². The van der Waals surface area contributed by atoms with Gasteiger partial charge < -0.3 is 4.74 Å². The first-order valence-corrected chi connectivity index (χ1v) is 7.78. The first-order valence-electron chi connectivity index (χ1n) is 7.78. The summed E-state index contributed by atoms with van der Waals surface area (Å²) in [6.07, 6.45) is 4.84. The fraction of sp³-hybridized carbons (Fsp3) is 0.111. The van der Waals surface area contributed by atoms with Crippen LogP contribution >= 0.6 is 0 Å². The van der Waals surface area contributed by atoms with Crippen LogP contribution in [-0.4, -0.2) is 33.9 Å². The van der Waals surface area contributed by atoms with Crippen LogP contribution in [0.1, 0.15) is 23.0 Å². The Kier molecular flexibility index (Phi) is 5.16. The molecule has 0 spiro atoms. The van der Waals surface area contributed by atoms with E-state index in [4.69, 9.17) is 4.74 Å². The third kappa shape index (κ3) is 4.29. The van der Waals surface area contributed by atoms with Gasteiger partial charge in [-0.2, -0.15) is 10.2 Å². The van der Waals surface area contributed by atoms with Gasteiger partial charge in [0.05, 0.1) is 18.5 Å². The molecule has 0 radical (unpaired) electrons. The Morgan fingerprint density at radius 1 is 1.32 bits per heavy atom. The monoisotopic (exact) mass is 335 g/mol. The number of hydrogen-bond acceptors (Lipinski definition) is 5. The number of benzene rings is 1. The molecular formula is C18H17N5O2. The summed E-state index contributed by atoms with van der Waals surface area (Å²) in [4.78, 5) is 16.1. The van der Waals surface area contributed by atoms with Crippen LogP contribution in [0.15, 0.2) is 60.0 Å². The van der Waals surface area contributed by atoms with E-state index in [2.05, 4.69) is 25.7 Å². The molecule has 0 atom stereocenters. The lowest BCUT2D eigenvalue weighted by Gasteiger charge is -2.03. The van der Waals surface area contributed by atoms with Gasteiger partial charge in [-0.3, -0.25) is 14.9 Å². The van der Waals surface area contributed by atoms with Gasteiger partial charge >= 0.3 is 0 Å². The Balaban J connectivity index is 1.67. The molecule has 0 saturated carbocycles. The number of ether oxygens (including phenoxy) is 1. The second-order valence-electron chi connectivity index (χ2n) is 5.11. The van der Waals surface area contributed by atoms with E-state index in [0.717, 1.165) is 16.9 Å². The van der Waals surface area contributed by atoms with Crippen molar-refractivity contribution < 1.29 is 9.53 Å². The van der Waals surface area contributed by atoms with Gasteiger partial charge in [0, 0.05) is 23.5 Å². The topological polar surface area (TPSA) is 92.3 Å². The predicted octanol–water partition coefficient (Wildman–Crippen LogP) is 2.63. The number of aromatic amines is 1. The van der Waals surface area contributed by atoms with Crippen LogP contribution in [0.5, 0.6) is 5.75 Å². The standard InChI is InChI=1S/C18H17N5O2/c1-2-25-15-7-3-6-14(9-15)16-10-17(22-21-16)18(24)23-20-12-13-5-4-8-19-11-13/h3-12H,2H2,1H3,(H,21,22)(H,23,24)/b20-12+. The van der Waals surface area contributed by atoms with Crippen molar-refractivity contribution in [2.24, 2.45) is 5.10 Å². The molecule has 3 rings (SSSR count). The van der Waals surface area contributed by atoms with Gasteiger partial charge in [-0.15, -0.1) is 0 Å². The van der Waals surface area contributed by atoms with Crippen LogP contribution in [0.2, 0.25) is 0 Å². The molecule has 0 saturated heterocycles. The fourth-order valence-corrected chi connectivity index (χ4v) is 2.18. The lowest BCUT2D eigenvalue weighted by Crippen LogP contribution is -2.18. The smallest absolute Gasteiger partial charge is 0.289 e. The van der Waals surface area contributed by atoms with Crippen molar-refractivity contribution in [3.63, 3.8) is 0 Å². The van der Waals surface area contributed by atoms with Crippen LogP contribution in [-0.2, 0) is 0 Å². The maximum absolute atomic E-state index is 12.1. The van der Waals surface area contributed by atoms with Gasteiger partial charge in [0.1, 0.15) is 11.4 Å². The predicted molar refractivity (Wildman–Crippen MR) is 94.5 cm³/mol. The molecule has 2 heterocycles. The number of hydrogen-bond donors (Lipinski definition) is 2. The Morgan fingerprint density at radius 2 is 2.24 bits per heavy atom. The molecule has 0 unspecified atom stereocenters. The quantitative estimate of drug-likeness (QED) is 0.535. The molecule has 126 valence electrons. The first-order chi connectivity index (χ1) is 12.3. The van der Waals surface area contributed by atoms with Crippen molar-refractivity contribution in [2.75, 3.05) is 6.61 Å². The number of nitrogens with one attached hydrogen (secondary N) is 2. The second kappa shape index (κ2) is 7.87. The lowest BCUT2D eigenvalue weighted by atomic mass is 10.1. The molecule has 2 N–H and O–H groups in total. The summed E-state index contributed by atoms with van der Waals surface area (Å²) in [6.45, 7) is 2.52. The van der Waals surface area contributed by atoms with E-state index in [-0.39, 0.29) is 5.91 Å². The molecule has 7 nitrogen and oxygen atoms in total. The summed E-state index contributed by atoms with van der Waals surface area (Å²) in [5, 5.41) is 10.8. The van der Waals surface area contributed by atoms with Gasteiger partial charge in [-0.1, -0.05) is 18.2 Å². The summed E-state index contributed by atoms with van der Waals surface area (Å²) in [5.41, 5.74) is 5.08. The highest BCUT2D eigenvalue weighted by Crippen LogP contribution is 2.22. The minimum absolute atomic E-state index is 0.320. The Hall–Kier alpha value is -3.48. The van der Waals surface area contributed by atoms with Crippen molar-refractivity contribution >= 4 is 12.1 Å². The third-order valence-electron chi connectivity index (χ3n) is 3.33. The zero-order valence-electron chi connectivity index (χ0n) is 13.6. The van der Waals surface area contributed by atoms with Crippen LogP contribution < -0.4 is 10.2 Å². The number of aromatic nitrogens is 3. The van der Waals surface area contributed by atoms with Gasteiger partial charge in [0.25, 0.3) is 5.91 Å². The molecule has 3 aromatic rings. The minimum Gasteiger partial charge on any atom is -0.494 e. The lowest BCUT2D eigenvalue weighted by molar-refractivity contribution is 0.0950. The fourth-order valence-electron chi connectivity index (χ4n) is 2.18. The number of pyridine rings is 1. The summed E-state index contributed by atoms with van der Waals surface area (Å²) < 4.78 is 5.48. The minimum atomic E-state index is -0.375. The summed E-state index contributed by atoms with van der Waals surface area (Å²) in [6, 6.07) is 12.8. The Labute approximate surface area is 144 Å². The number of nitrogens with zero attached hydrogens (tertiary/aromatic N) is 3. The maximum Gasteiger partial charge on any atom is 0.289 e. The number of carbonyl (C=O) groups is 1. The van der Waals surface area contributed by atoms with Gasteiger partial charge in [-0.25, -0.2) is 5.43 Å². The number of carbonyl (C=O) groups excluding carboxylic acids is 1. The number of H-pyrrole nitrogens is 1. The molecule has 0 aliphatic rings. The molecule has 25 heavy (non-hydrogen) atoms. The van der Waals surface area contributed by atoms with E-state index in [0.29, 0.717) is 18.0 Å². The molecule has 2 aromatic heterocycles. The van der Waals surface area contributed by atoms with E-state index in [9.17, 15) is 4.79 Å². The third-order valence-corrected chi connectivity index (χ3v) is 3.33. The molecule has 0 aliphatic carbocycles. The summed E-state index contributed by atoms with van der Waals surface area (Å²) in [7, 11) is 0. The van der Waals surface area contributed by atoms with E-state index in [1.54, 1.807) is 24.5 Å². The highest BCUT2D eigenvalue weighted by molar-refractivity contribution is 5.94. The number of hydrazone groups is 1. The second-order valence-corrected chi connectivity index (χ2v) is 5.11. The largest absolute Gasteiger partial charge is 0.494 e. The van der Waals surface area contributed by atoms with E-state index < -0.39 is 0 Å². The number of amides is 1. The summed E-state index contributed by atoms with van der Waals surface area (Å²) in [5.74, 6) is 0.384. The van der Waals surface area contributed by atoms with E-state index in [1.165, 1.54) is 6.21 Å². The van der Waals surface area contributed by atoms with Gasteiger partial charge in [0.2, 0.25) is 0 Å². The van der Waals surface area contributed by atoms with Crippen LogP contribution in [0, 0.1) is 0 Å². The molecule has 1 aromatic carbocycles. The molecule has 7 heteroatoms. The van der Waals surface area contributed by atoms with Crippen molar-refractivity contribution in [1.29, 1.82) is 0 Å². The average molecular weight is 335 g/mol. The van der Waals surface area contributed by atoms with E-state index >= 15 is 0 Å². The van der Waals surface area contributed by atoms with Crippen LogP contribution in [0.3, 0.4) is 0 Å². The highest BCUT2D eigenvalue weighted by Gasteiger charge is 2.10. The summed E-state index contributed by atoms with van der Waals surface area (Å²) >= 11 is 0. The maximum atomic E-state index is 12.1. The average Bonchev–Trinajstić information content (AvgIpc) is 3.13. The van der Waals surface area contributed by atoms with E-state index in [1.807, 2.05) is 37.3 Å².